The molecule has 14 heavy (non-hydrogen) atoms. The van der Waals surface area contributed by atoms with E-state index in [1.54, 1.807) is 0 Å². The zero-order valence-electron chi connectivity index (χ0n) is 10.2. The summed E-state index contributed by atoms with van der Waals surface area (Å²) in [6.07, 6.45) is 3.88. The third kappa shape index (κ3) is 2.98. The van der Waals surface area contributed by atoms with Crippen molar-refractivity contribution in [3.05, 3.63) is 0 Å². The number of rotatable bonds is 3. The molecule has 0 radical (unpaired) electrons. The Hall–Kier alpha value is -0.0400. The van der Waals surface area contributed by atoms with E-state index in [0.717, 1.165) is 23.7 Å². The predicted molar refractivity (Wildman–Crippen MR) is 61.1 cm³/mol. The fraction of sp³-hybridized carbons (Fsp3) is 1.00. The lowest BCUT2D eigenvalue weighted by molar-refractivity contribution is 0.0861. The van der Waals surface area contributed by atoms with Gasteiger partial charge in [0.05, 0.1) is 0 Å². The number of hydrogen-bond acceptors (Lipinski definition) is 1. The van der Waals surface area contributed by atoms with Gasteiger partial charge in [-0.2, -0.15) is 0 Å². The van der Waals surface area contributed by atoms with E-state index in [1.807, 2.05) is 0 Å². The monoisotopic (exact) mass is 198 g/mol. The first-order valence-electron chi connectivity index (χ1n) is 6.15. The van der Waals surface area contributed by atoms with Crippen molar-refractivity contribution < 1.29 is 5.11 Å². The molecule has 0 heterocycles. The van der Waals surface area contributed by atoms with E-state index in [0.29, 0.717) is 12.5 Å². The van der Waals surface area contributed by atoms with Gasteiger partial charge in [-0.3, -0.25) is 0 Å². The van der Waals surface area contributed by atoms with E-state index in [1.165, 1.54) is 19.3 Å². The van der Waals surface area contributed by atoms with Crippen LogP contribution in [0.3, 0.4) is 0 Å². The van der Waals surface area contributed by atoms with Crippen LogP contribution in [0.5, 0.6) is 0 Å². The highest BCUT2D eigenvalue weighted by Crippen LogP contribution is 2.40. The van der Waals surface area contributed by atoms with Gasteiger partial charge >= 0.3 is 0 Å². The molecule has 84 valence electrons. The first-order valence-corrected chi connectivity index (χ1v) is 6.15. The molecule has 1 heteroatoms. The third-order valence-electron chi connectivity index (χ3n) is 4.02. The quantitative estimate of drug-likeness (QED) is 0.737. The zero-order chi connectivity index (χ0) is 10.7. The van der Waals surface area contributed by atoms with Crippen LogP contribution in [-0.4, -0.2) is 11.7 Å². The lowest BCUT2D eigenvalue weighted by Crippen LogP contribution is -2.30. The summed E-state index contributed by atoms with van der Waals surface area (Å²) in [5, 5.41) is 9.29. The standard InChI is InChI=1S/C13H26O/c1-9(2)12-5-11(8-14)6-13(7-12)10(3)4/h9-14H,5-8H2,1-4H3. The molecule has 1 saturated carbocycles. The highest BCUT2D eigenvalue weighted by Gasteiger charge is 2.31. The SMILES string of the molecule is CC(C)C1CC(CO)CC(C(C)C)C1. The van der Waals surface area contributed by atoms with Crippen molar-refractivity contribution in [3.8, 4) is 0 Å². The van der Waals surface area contributed by atoms with Crippen LogP contribution in [0.15, 0.2) is 0 Å². The summed E-state index contributed by atoms with van der Waals surface area (Å²) < 4.78 is 0. The van der Waals surface area contributed by atoms with E-state index in [9.17, 15) is 5.11 Å². The summed E-state index contributed by atoms with van der Waals surface area (Å²) in [7, 11) is 0. The Bertz CT molecular complexity index is 147. The summed E-state index contributed by atoms with van der Waals surface area (Å²) in [5.74, 6) is 3.82. The molecule has 1 nitrogen and oxygen atoms in total. The Labute approximate surface area is 88.9 Å². The van der Waals surface area contributed by atoms with Crippen LogP contribution in [0, 0.1) is 29.6 Å². The van der Waals surface area contributed by atoms with Crippen molar-refractivity contribution >= 4 is 0 Å². The summed E-state index contributed by atoms with van der Waals surface area (Å²) in [5.41, 5.74) is 0. The van der Waals surface area contributed by atoms with Gasteiger partial charge in [0.15, 0.2) is 0 Å². The molecular weight excluding hydrogens is 172 g/mol. The molecular formula is C13H26O. The van der Waals surface area contributed by atoms with Crippen molar-refractivity contribution in [2.45, 2.75) is 47.0 Å². The van der Waals surface area contributed by atoms with Gasteiger partial charge in [0, 0.05) is 6.61 Å². The molecule has 0 aliphatic heterocycles. The van der Waals surface area contributed by atoms with E-state index >= 15 is 0 Å². The molecule has 1 N–H and O–H groups in total. The van der Waals surface area contributed by atoms with Gasteiger partial charge in [0.2, 0.25) is 0 Å². The lowest BCUT2D eigenvalue weighted by Gasteiger charge is -2.38. The molecule has 0 aromatic carbocycles. The second-order valence-electron chi connectivity index (χ2n) is 5.76. The fourth-order valence-corrected chi connectivity index (χ4v) is 2.77. The summed E-state index contributed by atoms with van der Waals surface area (Å²) >= 11 is 0. The second-order valence-corrected chi connectivity index (χ2v) is 5.76. The van der Waals surface area contributed by atoms with Crippen molar-refractivity contribution in [2.24, 2.45) is 29.6 Å². The first kappa shape index (κ1) is 12.0. The van der Waals surface area contributed by atoms with Crippen LogP contribution in [0.2, 0.25) is 0 Å². The van der Waals surface area contributed by atoms with E-state index in [2.05, 4.69) is 27.7 Å². The van der Waals surface area contributed by atoms with Gasteiger partial charge in [-0.25, -0.2) is 0 Å². The minimum absolute atomic E-state index is 0.395. The molecule has 1 aliphatic carbocycles. The smallest absolute Gasteiger partial charge is 0.0459 e. The van der Waals surface area contributed by atoms with Crippen molar-refractivity contribution in [2.75, 3.05) is 6.61 Å². The Morgan fingerprint density at radius 1 is 0.929 bits per heavy atom. The normalized spacial score (nSPS) is 34.1. The maximum Gasteiger partial charge on any atom is 0.0459 e. The summed E-state index contributed by atoms with van der Waals surface area (Å²) in [6.45, 7) is 9.68. The van der Waals surface area contributed by atoms with E-state index in [-0.39, 0.29) is 0 Å². The first-order chi connectivity index (χ1) is 6.54. The van der Waals surface area contributed by atoms with Gasteiger partial charge < -0.3 is 5.11 Å². The Balaban J connectivity index is 2.56. The molecule has 0 saturated heterocycles. The van der Waals surface area contributed by atoms with Crippen molar-refractivity contribution in [1.82, 2.24) is 0 Å². The minimum atomic E-state index is 0.395. The van der Waals surface area contributed by atoms with Crippen molar-refractivity contribution in [1.29, 1.82) is 0 Å². The molecule has 1 aliphatic rings. The molecule has 1 fully saturated rings. The Morgan fingerprint density at radius 3 is 1.64 bits per heavy atom. The van der Waals surface area contributed by atoms with Crippen LogP contribution in [0.1, 0.15) is 47.0 Å². The van der Waals surface area contributed by atoms with E-state index in [4.69, 9.17) is 0 Å². The fourth-order valence-electron chi connectivity index (χ4n) is 2.77. The van der Waals surface area contributed by atoms with E-state index < -0.39 is 0 Å². The number of aliphatic hydroxyl groups is 1. The van der Waals surface area contributed by atoms with Gasteiger partial charge in [0.1, 0.15) is 0 Å². The van der Waals surface area contributed by atoms with Gasteiger partial charge in [-0.05, 0) is 48.9 Å². The average molecular weight is 198 g/mol. The number of aliphatic hydroxyl groups excluding tert-OH is 1. The predicted octanol–water partition coefficient (Wildman–Crippen LogP) is 3.32. The molecule has 2 atom stereocenters. The largest absolute Gasteiger partial charge is 0.396 e. The highest BCUT2D eigenvalue weighted by atomic mass is 16.3. The van der Waals surface area contributed by atoms with Crippen LogP contribution < -0.4 is 0 Å². The van der Waals surface area contributed by atoms with Crippen LogP contribution in [0.25, 0.3) is 0 Å². The lowest BCUT2D eigenvalue weighted by atomic mass is 9.68. The summed E-state index contributed by atoms with van der Waals surface area (Å²) in [6, 6.07) is 0. The molecule has 0 aromatic heterocycles. The molecule has 0 bridgehead atoms. The zero-order valence-corrected chi connectivity index (χ0v) is 10.2. The van der Waals surface area contributed by atoms with Gasteiger partial charge in [-0.1, -0.05) is 27.7 Å². The maximum absolute atomic E-state index is 9.29. The van der Waals surface area contributed by atoms with Crippen LogP contribution in [-0.2, 0) is 0 Å². The number of hydrogen-bond donors (Lipinski definition) is 1. The van der Waals surface area contributed by atoms with Crippen LogP contribution >= 0.6 is 0 Å². The molecule has 0 amide bonds. The summed E-state index contributed by atoms with van der Waals surface area (Å²) in [4.78, 5) is 0. The minimum Gasteiger partial charge on any atom is -0.396 e. The Kier molecular flexibility index (Phi) is 4.43. The maximum atomic E-state index is 9.29. The molecule has 2 unspecified atom stereocenters. The molecule has 0 aromatic rings. The van der Waals surface area contributed by atoms with Gasteiger partial charge in [-0.15, -0.1) is 0 Å². The molecule has 0 spiro atoms. The van der Waals surface area contributed by atoms with Gasteiger partial charge in [0.25, 0.3) is 0 Å². The topological polar surface area (TPSA) is 20.2 Å². The molecule has 1 rings (SSSR count). The highest BCUT2D eigenvalue weighted by molar-refractivity contribution is 4.81. The Morgan fingerprint density at radius 2 is 1.36 bits per heavy atom. The van der Waals surface area contributed by atoms with Crippen LogP contribution in [0.4, 0.5) is 0 Å². The average Bonchev–Trinajstić information content (AvgIpc) is 2.16. The second kappa shape index (κ2) is 5.16. The third-order valence-corrected chi connectivity index (χ3v) is 4.02. The van der Waals surface area contributed by atoms with Crippen molar-refractivity contribution in [3.63, 3.8) is 0 Å².